The summed E-state index contributed by atoms with van der Waals surface area (Å²) in [6.07, 6.45) is 5.48. The lowest BCUT2D eigenvalue weighted by atomic mass is 9.91. The zero-order chi connectivity index (χ0) is 13.1. The SMILES string of the molecule is OC1CCNCC1Cc1cnn(-c2ccccc2)c1. The third kappa shape index (κ3) is 2.85. The van der Waals surface area contributed by atoms with Gasteiger partial charge in [-0.25, -0.2) is 4.68 Å². The van der Waals surface area contributed by atoms with Gasteiger partial charge in [-0.15, -0.1) is 0 Å². The number of nitrogens with zero attached hydrogens (tertiary/aromatic N) is 2. The fourth-order valence-corrected chi connectivity index (χ4v) is 2.61. The molecular formula is C15H19N3O. The molecule has 2 unspecified atom stereocenters. The van der Waals surface area contributed by atoms with Gasteiger partial charge < -0.3 is 10.4 Å². The lowest BCUT2D eigenvalue weighted by molar-refractivity contribution is 0.0791. The molecule has 1 aliphatic rings. The molecule has 1 aromatic carbocycles. The molecule has 2 aromatic rings. The van der Waals surface area contributed by atoms with Gasteiger partial charge in [-0.05, 0) is 37.1 Å². The highest BCUT2D eigenvalue weighted by Crippen LogP contribution is 2.17. The highest BCUT2D eigenvalue weighted by atomic mass is 16.3. The summed E-state index contributed by atoms with van der Waals surface area (Å²) in [6, 6.07) is 10.1. The molecule has 1 aliphatic heterocycles. The minimum Gasteiger partial charge on any atom is -0.393 e. The number of benzene rings is 1. The van der Waals surface area contributed by atoms with Crippen molar-refractivity contribution in [3.8, 4) is 5.69 Å². The highest BCUT2D eigenvalue weighted by molar-refractivity contribution is 5.31. The third-order valence-corrected chi connectivity index (χ3v) is 3.72. The predicted octanol–water partition coefficient (Wildman–Crippen LogP) is 1.39. The molecule has 2 atom stereocenters. The maximum atomic E-state index is 9.99. The Labute approximate surface area is 113 Å². The van der Waals surface area contributed by atoms with Crippen LogP contribution >= 0.6 is 0 Å². The normalized spacial score (nSPS) is 23.4. The molecule has 2 N–H and O–H groups in total. The molecule has 4 heteroatoms. The topological polar surface area (TPSA) is 50.1 Å². The average molecular weight is 257 g/mol. The number of aliphatic hydroxyl groups excluding tert-OH is 1. The van der Waals surface area contributed by atoms with Gasteiger partial charge >= 0.3 is 0 Å². The highest BCUT2D eigenvalue weighted by Gasteiger charge is 2.23. The van der Waals surface area contributed by atoms with Gasteiger partial charge in [0, 0.05) is 18.7 Å². The van der Waals surface area contributed by atoms with E-state index in [1.165, 1.54) is 5.56 Å². The summed E-state index contributed by atoms with van der Waals surface area (Å²) >= 11 is 0. The molecule has 100 valence electrons. The molecular weight excluding hydrogens is 238 g/mol. The Kier molecular flexibility index (Phi) is 3.62. The van der Waals surface area contributed by atoms with Crippen LogP contribution in [0.3, 0.4) is 0 Å². The summed E-state index contributed by atoms with van der Waals surface area (Å²) in [5.74, 6) is 0.294. The number of aromatic nitrogens is 2. The van der Waals surface area contributed by atoms with E-state index in [0.29, 0.717) is 5.92 Å². The minimum absolute atomic E-state index is 0.193. The molecule has 2 heterocycles. The first-order valence-corrected chi connectivity index (χ1v) is 6.80. The van der Waals surface area contributed by atoms with Crippen LogP contribution in [0.2, 0.25) is 0 Å². The fourth-order valence-electron chi connectivity index (χ4n) is 2.61. The number of aliphatic hydroxyl groups is 1. The summed E-state index contributed by atoms with van der Waals surface area (Å²) in [5.41, 5.74) is 2.24. The van der Waals surface area contributed by atoms with Crippen molar-refractivity contribution in [3.63, 3.8) is 0 Å². The lowest BCUT2D eigenvalue weighted by Gasteiger charge is -2.27. The molecule has 19 heavy (non-hydrogen) atoms. The van der Waals surface area contributed by atoms with Crippen molar-refractivity contribution in [1.82, 2.24) is 15.1 Å². The van der Waals surface area contributed by atoms with Crippen molar-refractivity contribution in [1.29, 1.82) is 0 Å². The van der Waals surface area contributed by atoms with Crippen LogP contribution in [-0.2, 0) is 6.42 Å². The van der Waals surface area contributed by atoms with Crippen molar-refractivity contribution < 1.29 is 5.11 Å². The second kappa shape index (κ2) is 5.55. The monoisotopic (exact) mass is 257 g/mol. The van der Waals surface area contributed by atoms with Gasteiger partial charge in [0.05, 0.1) is 18.0 Å². The van der Waals surface area contributed by atoms with E-state index in [1.54, 1.807) is 0 Å². The van der Waals surface area contributed by atoms with E-state index in [1.807, 2.05) is 41.2 Å². The van der Waals surface area contributed by atoms with E-state index in [-0.39, 0.29) is 6.10 Å². The van der Waals surface area contributed by atoms with Gasteiger partial charge in [0.25, 0.3) is 0 Å². The molecule has 1 saturated heterocycles. The molecule has 4 nitrogen and oxygen atoms in total. The van der Waals surface area contributed by atoms with Crippen molar-refractivity contribution >= 4 is 0 Å². The van der Waals surface area contributed by atoms with Gasteiger partial charge in [0.1, 0.15) is 0 Å². The first kappa shape index (κ1) is 12.4. The van der Waals surface area contributed by atoms with E-state index in [0.717, 1.165) is 31.6 Å². The van der Waals surface area contributed by atoms with Crippen LogP contribution in [0.15, 0.2) is 42.7 Å². The molecule has 0 radical (unpaired) electrons. The summed E-state index contributed by atoms with van der Waals surface area (Å²) in [7, 11) is 0. The summed E-state index contributed by atoms with van der Waals surface area (Å²) in [6.45, 7) is 1.80. The van der Waals surface area contributed by atoms with E-state index >= 15 is 0 Å². The Morgan fingerprint density at radius 1 is 1.32 bits per heavy atom. The Balaban J connectivity index is 1.71. The quantitative estimate of drug-likeness (QED) is 0.873. The van der Waals surface area contributed by atoms with Crippen LogP contribution < -0.4 is 5.32 Å². The maximum absolute atomic E-state index is 9.99. The first-order chi connectivity index (χ1) is 9.33. The molecule has 0 saturated carbocycles. The number of hydrogen-bond donors (Lipinski definition) is 2. The second-order valence-corrected chi connectivity index (χ2v) is 5.15. The van der Waals surface area contributed by atoms with Gasteiger partial charge in [-0.3, -0.25) is 0 Å². The smallest absolute Gasteiger partial charge is 0.0645 e. The Hall–Kier alpha value is -1.65. The van der Waals surface area contributed by atoms with Crippen LogP contribution in [-0.4, -0.2) is 34.1 Å². The summed E-state index contributed by atoms with van der Waals surface area (Å²) in [4.78, 5) is 0. The number of piperidine rings is 1. The van der Waals surface area contributed by atoms with E-state index < -0.39 is 0 Å². The molecule has 3 rings (SSSR count). The zero-order valence-corrected chi connectivity index (χ0v) is 10.9. The Morgan fingerprint density at radius 2 is 2.16 bits per heavy atom. The zero-order valence-electron chi connectivity index (χ0n) is 10.9. The fraction of sp³-hybridized carbons (Fsp3) is 0.400. The van der Waals surface area contributed by atoms with Crippen LogP contribution in [0.4, 0.5) is 0 Å². The van der Waals surface area contributed by atoms with E-state index in [2.05, 4.69) is 16.6 Å². The van der Waals surface area contributed by atoms with Gasteiger partial charge in [-0.1, -0.05) is 18.2 Å². The van der Waals surface area contributed by atoms with Crippen LogP contribution in [0, 0.1) is 5.92 Å². The summed E-state index contributed by atoms with van der Waals surface area (Å²) in [5, 5.41) is 17.7. The van der Waals surface area contributed by atoms with Gasteiger partial charge in [0.15, 0.2) is 0 Å². The van der Waals surface area contributed by atoms with E-state index in [4.69, 9.17) is 0 Å². The molecule has 0 aliphatic carbocycles. The molecule has 0 spiro atoms. The van der Waals surface area contributed by atoms with Crippen molar-refractivity contribution in [3.05, 3.63) is 48.3 Å². The number of hydrogen-bond acceptors (Lipinski definition) is 3. The second-order valence-electron chi connectivity index (χ2n) is 5.15. The third-order valence-electron chi connectivity index (χ3n) is 3.72. The van der Waals surface area contributed by atoms with Crippen LogP contribution in [0.5, 0.6) is 0 Å². The predicted molar refractivity (Wildman–Crippen MR) is 74.3 cm³/mol. The largest absolute Gasteiger partial charge is 0.393 e. The molecule has 0 amide bonds. The first-order valence-electron chi connectivity index (χ1n) is 6.80. The Morgan fingerprint density at radius 3 is 2.95 bits per heavy atom. The standard InChI is InChI=1S/C15H19N3O/c19-15-6-7-16-10-13(15)8-12-9-17-18(11-12)14-4-2-1-3-5-14/h1-5,9,11,13,15-16,19H,6-8,10H2. The van der Waals surface area contributed by atoms with Gasteiger partial charge in [-0.2, -0.15) is 5.10 Å². The van der Waals surface area contributed by atoms with Crippen molar-refractivity contribution in [2.45, 2.75) is 18.9 Å². The maximum Gasteiger partial charge on any atom is 0.0645 e. The van der Waals surface area contributed by atoms with Crippen molar-refractivity contribution in [2.75, 3.05) is 13.1 Å². The molecule has 1 aromatic heterocycles. The average Bonchev–Trinajstić information content (AvgIpc) is 2.91. The van der Waals surface area contributed by atoms with Crippen LogP contribution in [0.25, 0.3) is 5.69 Å². The minimum atomic E-state index is -0.193. The van der Waals surface area contributed by atoms with Crippen molar-refractivity contribution in [2.24, 2.45) is 5.92 Å². The lowest BCUT2D eigenvalue weighted by Crippen LogP contribution is -2.40. The number of rotatable bonds is 3. The molecule has 0 bridgehead atoms. The number of nitrogens with one attached hydrogen (secondary N) is 1. The van der Waals surface area contributed by atoms with E-state index in [9.17, 15) is 5.11 Å². The van der Waals surface area contributed by atoms with Crippen LogP contribution in [0.1, 0.15) is 12.0 Å². The number of para-hydroxylation sites is 1. The van der Waals surface area contributed by atoms with Gasteiger partial charge in [0.2, 0.25) is 0 Å². The molecule has 1 fully saturated rings. The summed E-state index contributed by atoms with van der Waals surface area (Å²) < 4.78 is 1.89. The Bertz CT molecular complexity index is 523.